The van der Waals surface area contributed by atoms with Gasteiger partial charge in [-0.1, -0.05) is 12.1 Å². The highest BCUT2D eigenvalue weighted by atomic mass is 32.2. The number of halogens is 3. The molecule has 180 valence electrons. The van der Waals surface area contributed by atoms with Crippen LogP contribution >= 0.6 is 0 Å². The van der Waals surface area contributed by atoms with E-state index in [1.807, 2.05) is 6.07 Å². The van der Waals surface area contributed by atoms with Gasteiger partial charge in [0, 0.05) is 33.1 Å². The van der Waals surface area contributed by atoms with Crippen LogP contribution in [0.3, 0.4) is 0 Å². The van der Waals surface area contributed by atoms with E-state index in [2.05, 4.69) is 5.32 Å². The van der Waals surface area contributed by atoms with Crippen LogP contribution in [0.25, 0.3) is 0 Å². The first-order valence-corrected chi connectivity index (χ1v) is 11.6. The lowest BCUT2D eigenvalue weighted by atomic mass is 10.1. The van der Waals surface area contributed by atoms with Crippen LogP contribution in [0.2, 0.25) is 0 Å². The summed E-state index contributed by atoms with van der Waals surface area (Å²) in [5.74, 6) is -1.01. The van der Waals surface area contributed by atoms with Crippen LogP contribution in [0, 0.1) is 11.3 Å². The highest BCUT2D eigenvalue weighted by Crippen LogP contribution is 2.29. The van der Waals surface area contributed by atoms with E-state index in [9.17, 15) is 31.2 Å². The van der Waals surface area contributed by atoms with Gasteiger partial charge in [-0.05, 0) is 42.0 Å². The molecule has 0 spiro atoms. The van der Waals surface area contributed by atoms with Crippen molar-refractivity contribution in [3.63, 3.8) is 0 Å². The van der Waals surface area contributed by atoms with E-state index in [1.54, 1.807) is 0 Å². The number of hydrogen-bond acceptors (Lipinski definition) is 5. The molecule has 1 aliphatic heterocycles. The number of hydrogen-bond donors (Lipinski definition) is 1. The van der Waals surface area contributed by atoms with E-state index in [0.717, 1.165) is 16.4 Å². The van der Waals surface area contributed by atoms with E-state index >= 15 is 0 Å². The molecule has 1 heterocycles. The van der Waals surface area contributed by atoms with Crippen LogP contribution in [-0.4, -0.2) is 55.1 Å². The Bertz CT molecular complexity index is 1210. The van der Waals surface area contributed by atoms with Crippen molar-refractivity contribution in [1.29, 1.82) is 5.26 Å². The fourth-order valence-corrected chi connectivity index (χ4v) is 5.08. The molecule has 34 heavy (non-hydrogen) atoms. The molecule has 2 amide bonds. The molecule has 1 unspecified atom stereocenters. The zero-order valence-electron chi connectivity index (χ0n) is 18.0. The number of nitriles is 1. The number of amides is 2. The molecule has 1 N–H and O–H groups in total. The normalized spacial score (nSPS) is 17.1. The fraction of sp³-hybridized carbons (Fsp3) is 0.318. The molecule has 2 aromatic carbocycles. The summed E-state index contributed by atoms with van der Waals surface area (Å²) in [5.41, 5.74) is -0.167. The van der Waals surface area contributed by atoms with Crippen LogP contribution < -0.4 is 5.32 Å². The number of benzene rings is 2. The fourth-order valence-electron chi connectivity index (χ4n) is 3.51. The lowest BCUT2D eigenvalue weighted by Crippen LogP contribution is -2.61. The molecule has 8 nitrogen and oxygen atoms in total. The molecular weight excluding hydrogens is 473 g/mol. The van der Waals surface area contributed by atoms with Gasteiger partial charge in [-0.2, -0.15) is 22.7 Å². The van der Waals surface area contributed by atoms with Gasteiger partial charge >= 0.3 is 6.18 Å². The van der Waals surface area contributed by atoms with Crippen molar-refractivity contribution in [2.45, 2.75) is 30.6 Å². The number of nitrogens with zero attached hydrogens (tertiary/aromatic N) is 3. The minimum atomic E-state index is -4.49. The molecular formula is C22H21F3N4O4S. The summed E-state index contributed by atoms with van der Waals surface area (Å²) in [5, 5.41) is 11.5. The number of sulfonamides is 1. The highest BCUT2D eigenvalue weighted by Gasteiger charge is 2.40. The molecule has 0 aliphatic carbocycles. The second kappa shape index (κ2) is 9.82. The summed E-state index contributed by atoms with van der Waals surface area (Å²) < 4.78 is 65.7. The number of alkyl halides is 3. The maximum atomic E-state index is 13.2. The van der Waals surface area contributed by atoms with Crippen molar-refractivity contribution in [3.05, 3.63) is 65.2 Å². The van der Waals surface area contributed by atoms with Crippen LogP contribution in [-0.2, 0) is 32.3 Å². The van der Waals surface area contributed by atoms with Gasteiger partial charge in [-0.3, -0.25) is 9.59 Å². The van der Waals surface area contributed by atoms with Crippen LogP contribution in [0.1, 0.15) is 23.6 Å². The molecule has 1 aliphatic rings. The SMILES string of the molecule is CC(=O)N1CCN(S(=O)(=O)c2ccc(C#N)cc2)C(C(=O)NCc2ccc(C(F)(F)F)cc2)C1. The highest BCUT2D eigenvalue weighted by molar-refractivity contribution is 7.89. The molecule has 3 rings (SSSR count). The number of rotatable bonds is 5. The third-order valence-electron chi connectivity index (χ3n) is 5.42. The number of carbonyl (C=O) groups excluding carboxylic acids is 2. The maximum absolute atomic E-state index is 13.2. The minimum Gasteiger partial charge on any atom is -0.351 e. The summed E-state index contributed by atoms with van der Waals surface area (Å²) in [6, 6.07) is 10.1. The van der Waals surface area contributed by atoms with Gasteiger partial charge in [0.25, 0.3) is 0 Å². The molecule has 0 radical (unpaired) electrons. The summed E-state index contributed by atoms with van der Waals surface area (Å²) in [6.45, 7) is 0.970. The molecule has 1 atom stereocenters. The van der Waals surface area contributed by atoms with Crippen LogP contribution in [0.15, 0.2) is 53.4 Å². The van der Waals surface area contributed by atoms with Crippen molar-refractivity contribution in [2.24, 2.45) is 0 Å². The van der Waals surface area contributed by atoms with Crippen LogP contribution in [0.4, 0.5) is 13.2 Å². The maximum Gasteiger partial charge on any atom is 0.416 e. The lowest BCUT2D eigenvalue weighted by molar-refractivity contribution is -0.138. The average Bonchev–Trinajstić information content (AvgIpc) is 2.81. The first-order chi connectivity index (χ1) is 15.9. The number of piperazine rings is 1. The van der Waals surface area contributed by atoms with Gasteiger partial charge in [0.2, 0.25) is 21.8 Å². The molecule has 0 aromatic heterocycles. The smallest absolute Gasteiger partial charge is 0.351 e. The average molecular weight is 494 g/mol. The zero-order chi connectivity index (χ0) is 25.1. The van der Waals surface area contributed by atoms with Gasteiger partial charge in [0.15, 0.2) is 0 Å². The third-order valence-corrected chi connectivity index (χ3v) is 7.34. The second-order valence-electron chi connectivity index (χ2n) is 7.65. The summed E-state index contributed by atoms with van der Waals surface area (Å²) in [4.78, 5) is 26.1. The zero-order valence-corrected chi connectivity index (χ0v) is 18.9. The predicted octanol–water partition coefficient (Wildman–Crippen LogP) is 2.11. The second-order valence-corrected chi connectivity index (χ2v) is 9.54. The molecule has 0 saturated carbocycles. The van der Waals surface area contributed by atoms with Crippen LogP contribution in [0.5, 0.6) is 0 Å². The Hall–Kier alpha value is -3.43. The third kappa shape index (κ3) is 5.55. The lowest BCUT2D eigenvalue weighted by Gasteiger charge is -2.39. The van der Waals surface area contributed by atoms with Crippen molar-refractivity contribution in [3.8, 4) is 6.07 Å². The van der Waals surface area contributed by atoms with Gasteiger partial charge in [0.1, 0.15) is 6.04 Å². The summed E-state index contributed by atoms with van der Waals surface area (Å²) >= 11 is 0. The first-order valence-electron chi connectivity index (χ1n) is 10.1. The standard InChI is InChI=1S/C22H21F3N4O4S/c1-15(30)28-10-11-29(34(32,33)19-8-4-16(12-26)5-9-19)20(14-28)21(31)27-13-17-2-6-18(7-3-17)22(23,24)25/h2-9,20H,10-11,13-14H2,1H3,(H,27,31). The van der Waals surface area contributed by atoms with Gasteiger partial charge < -0.3 is 10.2 Å². The Labute approximate surface area is 194 Å². The number of nitrogens with one attached hydrogen (secondary N) is 1. The molecule has 2 aromatic rings. The van der Waals surface area contributed by atoms with E-state index in [0.29, 0.717) is 5.56 Å². The van der Waals surface area contributed by atoms with Crippen molar-refractivity contribution in [1.82, 2.24) is 14.5 Å². The van der Waals surface area contributed by atoms with Crippen molar-refractivity contribution >= 4 is 21.8 Å². The predicted molar refractivity (Wildman–Crippen MR) is 114 cm³/mol. The Morgan fingerprint density at radius 1 is 1.09 bits per heavy atom. The molecule has 12 heteroatoms. The largest absolute Gasteiger partial charge is 0.416 e. The van der Waals surface area contributed by atoms with E-state index in [4.69, 9.17) is 5.26 Å². The van der Waals surface area contributed by atoms with Crippen molar-refractivity contribution < 1.29 is 31.2 Å². The molecule has 1 fully saturated rings. The van der Waals surface area contributed by atoms with Crippen molar-refractivity contribution in [2.75, 3.05) is 19.6 Å². The first kappa shape index (κ1) is 25.2. The molecule has 0 bridgehead atoms. The Balaban J connectivity index is 1.81. The Kier molecular flexibility index (Phi) is 7.28. The topological polar surface area (TPSA) is 111 Å². The molecule has 1 saturated heterocycles. The van der Waals surface area contributed by atoms with Gasteiger partial charge in [-0.25, -0.2) is 8.42 Å². The monoisotopic (exact) mass is 494 g/mol. The minimum absolute atomic E-state index is 0.0908. The Morgan fingerprint density at radius 3 is 2.24 bits per heavy atom. The Morgan fingerprint density at radius 2 is 1.71 bits per heavy atom. The summed E-state index contributed by atoms with van der Waals surface area (Å²) in [7, 11) is -4.14. The van der Waals surface area contributed by atoms with Gasteiger partial charge in [-0.15, -0.1) is 0 Å². The van der Waals surface area contributed by atoms with Gasteiger partial charge in [0.05, 0.1) is 22.1 Å². The number of carbonyl (C=O) groups is 2. The van der Waals surface area contributed by atoms with E-state index < -0.39 is 33.7 Å². The quantitative estimate of drug-likeness (QED) is 0.685. The van der Waals surface area contributed by atoms with E-state index in [1.165, 1.54) is 48.2 Å². The van der Waals surface area contributed by atoms with E-state index in [-0.39, 0.29) is 42.5 Å². The summed E-state index contributed by atoms with van der Waals surface area (Å²) in [6.07, 6.45) is -4.49.